The normalized spacial score (nSPS) is 10.9. The van der Waals surface area contributed by atoms with Crippen molar-refractivity contribution in [1.29, 1.82) is 0 Å². The Labute approximate surface area is 163 Å². The highest BCUT2D eigenvalue weighted by molar-refractivity contribution is 7.89. The molecule has 2 rings (SSSR count). The summed E-state index contributed by atoms with van der Waals surface area (Å²) in [6, 6.07) is 12.6. The van der Waals surface area contributed by atoms with Gasteiger partial charge in [0.2, 0.25) is 10.0 Å². The van der Waals surface area contributed by atoms with Gasteiger partial charge in [-0.05, 0) is 49.2 Å². The zero-order valence-electron chi connectivity index (χ0n) is 15.4. The number of sulfonamides is 1. The number of carbonyl (C=O) groups is 3. The van der Waals surface area contributed by atoms with Crippen molar-refractivity contribution in [3.63, 3.8) is 0 Å². The fraction of sp³-hybridized carbons (Fsp3) is 0.211. The number of amides is 2. The quantitative estimate of drug-likeness (QED) is 0.667. The van der Waals surface area contributed by atoms with Crippen LogP contribution < -0.4 is 10.0 Å². The third kappa shape index (κ3) is 6.00. The summed E-state index contributed by atoms with van der Waals surface area (Å²) in [5, 5.41) is 2.07. The van der Waals surface area contributed by atoms with Gasteiger partial charge in [0.1, 0.15) is 6.54 Å². The lowest BCUT2D eigenvalue weighted by atomic mass is 10.1. The van der Waals surface area contributed by atoms with Crippen molar-refractivity contribution in [3.05, 3.63) is 65.2 Å². The van der Waals surface area contributed by atoms with E-state index in [1.807, 2.05) is 6.92 Å². The van der Waals surface area contributed by atoms with Crippen LogP contribution in [0.2, 0.25) is 0 Å². The molecule has 2 N–H and O–H groups in total. The van der Waals surface area contributed by atoms with E-state index in [1.165, 1.54) is 24.3 Å². The monoisotopic (exact) mass is 404 g/mol. The maximum Gasteiger partial charge on any atom is 0.321 e. The van der Waals surface area contributed by atoms with Crippen molar-refractivity contribution >= 4 is 27.8 Å². The van der Waals surface area contributed by atoms with Gasteiger partial charge in [0, 0.05) is 5.56 Å². The smallest absolute Gasteiger partial charge is 0.321 e. The zero-order chi connectivity index (χ0) is 20.7. The summed E-state index contributed by atoms with van der Waals surface area (Å²) in [6.45, 7) is 2.28. The molecule has 0 radical (unpaired) electrons. The minimum absolute atomic E-state index is 0.0228. The molecule has 2 aromatic rings. The van der Waals surface area contributed by atoms with Crippen LogP contribution >= 0.6 is 0 Å². The molecule has 0 fully saturated rings. The van der Waals surface area contributed by atoms with Crippen LogP contribution in [-0.4, -0.2) is 39.4 Å². The van der Waals surface area contributed by atoms with E-state index >= 15 is 0 Å². The number of hydrogen-bond acceptors (Lipinski definition) is 6. The molecule has 2 amide bonds. The standard InChI is InChI=1S/C19H20N2O6S/c1-13-8-9-16(10-14(13)2)28(25,26)20-11-18(23)27-12-17(22)21-19(24)15-6-4-3-5-7-15/h3-10,20H,11-12H2,1-2H3,(H,21,22,24). The van der Waals surface area contributed by atoms with Crippen LogP contribution in [0.4, 0.5) is 0 Å². The number of benzene rings is 2. The molecule has 28 heavy (non-hydrogen) atoms. The third-order valence-electron chi connectivity index (χ3n) is 3.85. The number of nitrogens with one attached hydrogen (secondary N) is 2. The van der Waals surface area contributed by atoms with E-state index in [2.05, 4.69) is 14.8 Å². The second kappa shape index (κ2) is 9.25. The van der Waals surface area contributed by atoms with Gasteiger partial charge >= 0.3 is 5.97 Å². The number of rotatable bonds is 7. The van der Waals surface area contributed by atoms with Crippen LogP contribution in [0.3, 0.4) is 0 Å². The Balaban J connectivity index is 1.81. The van der Waals surface area contributed by atoms with E-state index < -0.39 is 41.0 Å². The summed E-state index contributed by atoms with van der Waals surface area (Å²) >= 11 is 0. The SMILES string of the molecule is Cc1ccc(S(=O)(=O)NCC(=O)OCC(=O)NC(=O)c2ccccc2)cc1C. The fourth-order valence-corrected chi connectivity index (χ4v) is 3.19. The van der Waals surface area contributed by atoms with Gasteiger partial charge in [-0.3, -0.25) is 19.7 Å². The van der Waals surface area contributed by atoms with Gasteiger partial charge in [0.25, 0.3) is 11.8 Å². The number of ether oxygens (including phenoxy) is 1. The third-order valence-corrected chi connectivity index (χ3v) is 5.25. The molecule has 9 heteroatoms. The Kier molecular flexibility index (Phi) is 7.02. The first-order chi connectivity index (χ1) is 13.2. The van der Waals surface area contributed by atoms with E-state index in [-0.39, 0.29) is 10.5 Å². The van der Waals surface area contributed by atoms with Crippen LogP contribution in [0.25, 0.3) is 0 Å². The molecule has 2 aromatic carbocycles. The van der Waals surface area contributed by atoms with Crippen molar-refractivity contribution < 1.29 is 27.5 Å². The Morgan fingerprint density at radius 2 is 1.64 bits per heavy atom. The first-order valence-electron chi connectivity index (χ1n) is 8.31. The lowest BCUT2D eigenvalue weighted by Crippen LogP contribution is -2.36. The predicted octanol–water partition coefficient (Wildman–Crippen LogP) is 1.08. The van der Waals surface area contributed by atoms with Gasteiger partial charge in [-0.2, -0.15) is 4.72 Å². The number of carbonyl (C=O) groups excluding carboxylic acids is 3. The van der Waals surface area contributed by atoms with E-state index in [4.69, 9.17) is 0 Å². The molecule has 0 saturated heterocycles. The molecule has 0 aliphatic rings. The molecule has 0 aliphatic heterocycles. The van der Waals surface area contributed by atoms with E-state index in [0.29, 0.717) is 0 Å². The first kappa shape index (κ1) is 21.3. The molecule has 0 bridgehead atoms. The zero-order valence-corrected chi connectivity index (χ0v) is 16.2. The van der Waals surface area contributed by atoms with Crippen molar-refractivity contribution in [1.82, 2.24) is 10.0 Å². The van der Waals surface area contributed by atoms with Crippen molar-refractivity contribution in [3.8, 4) is 0 Å². The van der Waals surface area contributed by atoms with Crippen molar-refractivity contribution in [2.45, 2.75) is 18.7 Å². The summed E-state index contributed by atoms with van der Waals surface area (Å²) in [6.07, 6.45) is 0. The van der Waals surface area contributed by atoms with Crippen LogP contribution in [0.5, 0.6) is 0 Å². The second-order valence-corrected chi connectivity index (χ2v) is 7.74. The molecule has 0 aliphatic carbocycles. The predicted molar refractivity (Wildman–Crippen MR) is 101 cm³/mol. The van der Waals surface area contributed by atoms with E-state index in [9.17, 15) is 22.8 Å². The molecular weight excluding hydrogens is 384 g/mol. The van der Waals surface area contributed by atoms with Gasteiger partial charge in [-0.1, -0.05) is 24.3 Å². The Bertz CT molecular complexity index is 987. The minimum Gasteiger partial charge on any atom is -0.455 e. The highest BCUT2D eigenvalue weighted by Gasteiger charge is 2.18. The lowest BCUT2D eigenvalue weighted by Gasteiger charge is -2.09. The highest BCUT2D eigenvalue weighted by Crippen LogP contribution is 2.14. The topological polar surface area (TPSA) is 119 Å². The van der Waals surface area contributed by atoms with Crippen LogP contribution in [-0.2, 0) is 24.3 Å². The van der Waals surface area contributed by atoms with Gasteiger partial charge in [0.15, 0.2) is 6.61 Å². The molecule has 0 spiro atoms. The lowest BCUT2D eigenvalue weighted by molar-refractivity contribution is -0.147. The molecule has 0 unspecified atom stereocenters. The average molecular weight is 404 g/mol. The minimum atomic E-state index is -3.89. The second-order valence-electron chi connectivity index (χ2n) is 5.97. The van der Waals surface area contributed by atoms with Crippen LogP contribution in [0.15, 0.2) is 53.4 Å². The van der Waals surface area contributed by atoms with E-state index in [0.717, 1.165) is 11.1 Å². The van der Waals surface area contributed by atoms with Gasteiger partial charge < -0.3 is 4.74 Å². The maximum absolute atomic E-state index is 12.2. The Morgan fingerprint density at radius 3 is 2.29 bits per heavy atom. The summed E-state index contributed by atoms with van der Waals surface area (Å²) in [4.78, 5) is 35.2. The number of esters is 1. The molecule has 0 saturated carbocycles. The highest BCUT2D eigenvalue weighted by atomic mass is 32.2. The van der Waals surface area contributed by atoms with Gasteiger partial charge in [-0.15, -0.1) is 0 Å². The summed E-state index contributed by atoms with van der Waals surface area (Å²) in [7, 11) is -3.89. The molecule has 148 valence electrons. The molecule has 0 aromatic heterocycles. The van der Waals surface area contributed by atoms with Crippen LogP contribution in [0.1, 0.15) is 21.5 Å². The summed E-state index contributed by atoms with van der Waals surface area (Å²) < 4.78 is 31.2. The van der Waals surface area contributed by atoms with E-state index in [1.54, 1.807) is 31.2 Å². The number of imide groups is 1. The fourth-order valence-electron chi connectivity index (χ4n) is 2.14. The maximum atomic E-state index is 12.2. The van der Waals surface area contributed by atoms with Crippen molar-refractivity contribution in [2.24, 2.45) is 0 Å². The molecule has 0 heterocycles. The number of hydrogen-bond donors (Lipinski definition) is 2. The van der Waals surface area contributed by atoms with Crippen molar-refractivity contribution in [2.75, 3.05) is 13.2 Å². The summed E-state index contributed by atoms with van der Waals surface area (Å²) in [5.41, 5.74) is 2.02. The molecule has 0 atom stereocenters. The average Bonchev–Trinajstić information content (AvgIpc) is 2.67. The number of aryl methyl sites for hydroxylation is 2. The Morgan fingerprint density at radius 1 is 0.964 bits per heavy atom. The molecular formula is C19H20N2O6S. The largest absolute Gasteiger partial charge is 0.455 e. The van der Waals surface area contributed by atoms with Crippen LogP contribution in [0, 0.1) is 13.8 Å². The Hall–Kier alpha value is -3.04. The van der Waals surface area contributed by atoms with Gasteiger partial charge in [-0.25, -0.2) is 8.42 Å². The summed E-state index contributed by atoms with van der Waals surface area (Å²) in [5.74, 6) is -2.40. The van der Waals surface area contributed by atoms with Gasteiger partial charge in [0.05, 0.1) is 4.90 Å². The first-order valence-corrected chi connectivity index (χ1v) is 9.79. The molecule has 8 nitrogen and oxygen atoms in total.